The van der Waals surface area contributed by atoms with Crippen LogP contribution in [0.25, 0.3) is 5.82 Å². The normalized spacial score (nSPS) is 19.8. The van der Waals surface area contributed by atoms with Gasteiger partial charge in [-0.2, -0.15) is 18.4 Å². The van der Waals surface area contributed by atoms with Gasteiger partial charge in [0.2, 0.25) is 0 Å². The zero-order valence-corrected chi connectivity index (χ0v) is 19.8. The van der Waals surface area contributed by atoms with Gasteiger partial charge in [-0.3, -0.25) is 14.7 Å². The number of hydrogen-bond acceptors (Lipinski definition) is 4. The molecule has 3 aromatic rings. The van der Waals surface area contributed by atoms with E-state index in [2.05, 4.69) is 11.1 Å². The predicted octanol–water partition coefficient (Wildman–Crippen LogP) is 6.54. The molecule has 36 heavy (non-hydrogen) atoms. The molecule has 0 radical (unpaired) electrons. The molecule has 0 N–H and O–H groups in total. The van der Waals surface area contributed by atoms with E-state index in [1.54, 1.807) is 58.5 Å². The van der Waals surface area contributed by atoms with E-state index in [1.165, 1.54) is 6.07 Å². The molecule has 0 bridgehead atoms. The highest BCUT2D eigenvalue weighted by Gasteiger charge is 2.46. The molecular formula is C28H23F3N4O. The minimum atomic E-state index is -4.54. The van der Waals surface area contributed by atoms with Crippen molar-refractivity contribution in [1.29, 1.82) is 5.26 Å². The Labute approximate surface area is 206 Å². The lowest BCUT2D eigenvalue weighted by molar-refractivity contribution is -0.137. The highest BCUT2D eigenvalue weighted by molar-refractivity contribution is 6.03. The number of alkyl halides is 3. The molecule has 0 saturated carbocycles. The largest absolute Gasteiger partial charge is 0.416 e. The number of pyridine rings is 1. The van der Waals surface area contributed by atoms with Gasteiger partial charge in [0.05, 0.1) is 23.1 Å². The SMILES string of the molecule is CC1(C)CC(=O)C2=C(C1)N(c1cccc(C(F)(F)F)c1)C(n1cccc1)=C(C#N)[C@@H]2c1cccnc1. The molecule has 1 atom stereocenters. The molecule has 2 aliphatic rings. The monoisotopic (exact) mass is 488 g/mol. The molecule has 8 heteroatoms. The molecule has 0 unspecified atom stereocenters. The number of rotatable bonds is 3. The first-order valence-corrected chi connectivity index (χ1v) is 11.5. The third-order valence-corrected chi connectivity index (χ3v) is 6.62. The molecule has 1 aromatic carbocycles. The summed E-state index contributed by atoms with van der Waals surface area (Å²) in [5.41, 5.74) is 1.01. The number of Topliss-reactive ketones (excluding diaryl/α,β-unsaturated/α-hetero) is 1. The fourth-order valence-corrected chi connectivity index (χ4v) is 5.17. The summed E-state index contributed by atoms with van der Waals surface area (Å²) in [6.07, 6.45) is 2.92. The Bertz CT molecular complexity index is 1430. The Kier molecular flexibility index (Phi) is 5.59. The van der Waals surface area contributed by atoms with E-state index in [4.69, 9.17) is 0 Å². The summed E-state index contributed by atoms with van der Waals surface area (Å²) in [4.78, 5) is 19.5. The van der Waals surface area contributed by atoms with Crippen molar-refractivity contribution in [3.05, 3.63) is 101 Å². The van der Waals surface area contributed by atoms with Crippen LogP contribution in [0.3, 0.4) is 0 Å². The van der Waals surface area contributed by atoms with Gasteiger partial charge in [0.1, 0.15) is 5.82 Å². The Balaban J connectivity index is 1.86. The van der Waals surface area contributed by atoms with E-state index in [-0.39, 0.29) is 23.5 Å². The van der Waals surface area contributed by atoms with Gasteiger partial charge in [0.15, 0.2) is 5.78 Å². The number of carbonyl (C=O) groups excluding carboxylic acids is 1. The summed E-state index contributed by atoms with van der Waals surface area (Å²) in [5.74, 6) is -0.395. The number of carbonyl (C=O) groups is 1. The number of aromatic nitrogens is 2. The molecule has 0 amide bonds. The second kappa shape index (κ2) is 8.52. The number of halogens is 3. The number of anilines is 1. The summed E-state index contributed by atoms with van der Waals surface area (Å²) < 4.78 is 42.8. The lowest BCUT2D eigenvalue weighted by atomic mass is 9.68. The van der Waals surface area contributed by atoms with Crippen LogP contribution in [0, 0.1) is 16.7 Å². The Morgan fingerprint density at radius 1 is 1.08 bits per heavy atom. The average Bonchev–Trinajstić information content (AvgIpc) is 3.36. The Morgan fingerprint density at radius 3 is 2.47 bits per heavy atom. The fourth-order valence-electron chi connectivity index (χ4n) is 5.17. The first-order chi connectivity index (χ1) is 17.1. The second-order valence-corrected chi connectivity index (χ2v) is 9.84. The molecule has 5 nitrogen and oxygen atoms in total. The van der Waals surface area contributed by atoms with Gasteiger partial charge in [-0.05, 0) is 53.8 Å². The van der Waals surface area contributed by atoms with Crippen LogP contribution >= 0.6 is 0 Å². The zero-order valence-electron chi connectivity index (χ0n) is 19.8. The van der Waals surface area contributed by atoms with Crippen molar-refractivity contribution >= 4 is 17.3 Å². The van der Waals surface area contributed by atoms with E-state index in [0.717, 1.165) is 12.1 Å². The van der Waals surface area contributed by atoms with Crippen molar-refractivity contribution in [3.63, 3.8) is 0 Å². The van der Waals surface area contributed by atoms with Gasteiger partial charge < -0.3 is 4.57 Å². The predicted molar refractivity (Wildman–Crippen MR) is 129 cm³/mol. The van der Waals surface area contributed by atoms with Gasteiger partial charge in [-0.25, -0.2) is 0 Å². The number of allylic oxidation sites excluding steroid dienone is 3. The van der Waals surface area contributed by atoms with Gasteiger partial charge in [0.25, 0.3) is 0 Å². The van der Waals surface area contributed by atoms with Crippen molar-refractivity contribution in [2.24, 2.45) is 5.41 Å². The van der Waals surface area contributed by atoms with E-state index in [1.807, 2.05) is 19.9 Å². The quantitative estimate of drug-likeness (QED) is 0.420. The second-order valence-electron chi connectivity index (χ2n) is 9.84. The van der Waals surface area contributed by atoms with Crippen molar-refractivity contribution in [1.82, 2.24) is 9.55 Å². The Morgan fingerprint density at radius 2 is 1.83 bits per heavy atom. The van der Waals surface area contributed by atoms with Crippen molar-refractivity contribution < 1.29 is 18.0 Å². The minimum absolute atomic E-state index is 0.119. The molecular weight excluding hydrogens is 465 g/mol. The van der Waals surface area contributed by atoms with Crippen molar-refractivity contribution in [2.45, 2.75) is 38.8 Å². The Hall–Kier alpha value is -4.12. The van der Waals surface area contributed by atoms with Crippen molar-refractivity contribution in [2.75, 3.05) is 4.90 Å². The van der Waals surface area contributed by atoms with Gasteiger partial charge in [-0.15, -0.1) is 0 Å². The van der Waals surface area contributed by atoms with Crippen LogP contribution in [0.4, 0.5) is 18.9 Å². The summed E-state index contributed by atoms with van der Waals surface area (Å²) in [6, 6.07) is 14.4. The molecule has 5 rings (SSSR count). The first-order valence-electron chi connectivity index (χ1n) is 11.5. The summed E-state index contributed by atoms with van der Waals surface area (Å²) in [5, 5.41) is 10.4. The summed E-state index contributed by atoms with van der Waals surface area (Å²) in [6.45, 7) is 3.94. The van der Waals surface area contributed by atoms with Crippen molar-refractivity contribution in [3.8, 4) is 6.07 Å². The van der Waals surface area contributed by atoms with E-state index in [9.17, 15) is 23.2 Å². The highest BCUT2D eigenvalue weighted by Crippen LogP contribution is 2.52. The van der Waals surface area contributed by atoms with Crippen LogP contribution in [-0.2, 0) is 11.0 Å². The zero-order chi connectivity index (χ0) is 25.7. The standard InChI is InChI=1S/C28H23F3N4O/c1-27(2)14-22-25(23(36)15-27)24(18-7-6-10-33-17-18)21(16-32)26(34-11-3-4-12-34)35(22)20-9-5-8-19(13-20)28(29,30)31/h3-13,17,24H,14-15H2,1-2H3/t24-/m0/s1. The van der Waals surface area contributed by atoms with Crippen LogP contribution in [0.2, 0.25) is 0 Å². The van der Waals surface area contributed by atoms with Gasteiger partial charge in [-0.1, -0.05) is 26.0 Å². The fraction of sp³-hybridized carbons (Fsp3) is 0.250. The topological polar surface area (TPSA) is 61.9 Å². The first kappa shape index (κ1) is 23.6. The maximum Gasteiger partial charge on any atom is 0.416 e. The maximum atomic E-state index is 13.7. The van der Waals surface area contributed by atoms with E-state index >= 15 is 0 Å². The number of benzene rings is 1. The lowest BCUT2D eigenvalue weighted by Gasteiger charge is -2.45. The van der Waals surface area contributed by atoms with Crippen LogP contribution in [0.5, 0.6) is 0 Å². The molecule has 182 valence electrons. The lowest BCUT2D eigenvalue weighted by Crippen LogP contribution is -2.40. The maximum absolute atomic E-state index is 13.7. The molecule has 0 fully saturated rings. The third-order valence-electron chi connectivity index (χ3n) is 6.62. The number of nitrogens with zero attached hydrogens (tertiary/aromatic N) is 4. The van der Waals surface area contributed by atoms with E-state index in [0.29, 0.717) is 29.1 Å². The molecule has 1 aliphatic carbocycles. The van der Waals surface area contributed by atoms with Gasteiger partial charge >= 0.3 is 6.18 Å². The molecule has 0 saturated heterocycles. The number of hydrogen-bond donors (Lipinski definition) is 0. The molecule has 3 heterocycles. The smallest absolute Gasteiger partial charge is 0.309 e. The van der Waals surface area contributed by atoms with Crippen LogP contribution in [0.15, 0.2) is 90.2 Å². The highest BCUT2D eigenvalue weighted by atomic mass is 19.4. The average molecular weight is 489 g/mol. The molecule has 0 spiro atoms. The molecule has 2 aromatic heterocycles. The van der Waals surface area contributed by atoms with Crippen LogP contribution in [0.1, 0.15) is 43.7 Å². The summed E-state index contributed by atoms with van der Waals surface area (Å²) >= 11 is 0. The third kappa shape index (κ3) is 4.01. The van der Waals surface area contributed by atoms with Gasteiger partial charge in [0, 0.05) is 48.2 Å². The van der Waals surface area contributed by atoms with Crippen LogP contribution < -0.4 is 4.90 Å². The summed E-state index contributed by atoms with van der Waals surface area (Å²) in [7, 11) is 0. The number of nitriles is 1. The minimum Gasteiger partial charge on any atom is -0.309 e. The van der Waals surface area contributed by atoms with Crippen LogP contribution in [-0.4, -0.2) is 15.3 Å². The molecule has 1 aliphatic heterocycles. The van der Waals surface area contributed by atoms with E-state index < -0.39 is 23.1 Å². The number of ketones is 1.